The Hall–Kier alpha value is -1.58. The van der Waals surface area contributed by atoms with E-state index in [0.717, 1.165) is 54.7 Å². The monoisotopic (exact) mass is 217 g/mol. The van der Waals surface area contributed by atoms with E-state index < -0.39 is 0 Å². The van der Waals surface area contributed by atoms with Gasteiger partial charge < -0.3 is 4.98 Å². The van der Waals surface area contributed by atoms with Crippen molar-refractivity contribution in [3.63, 3.8) is 0 Å². The summed E-state index contributed by atoms with van der Waals surface area (Å²) >= 11 is 0. The summed E-state index contributed by atoms with van der Waals surface area (Å²) < 4.78 is 1.93. The van der Waals surface area contributed by atoms with Crippen LogP contribution in [-0.2, 0) is 19.3 Å². The molecule has 16 heavy (non-hydrogen) atoms. The van der Waals surface area contributed by atoms with Crippen LogP contribution in [0.1, 0.15) is 36.7 Å². The molecule has 84 valence electrons. The fourth-order valence-electron chi connectivity index (χ4n) is 2.50. The number of aryl methyl sites for hydroxylation is 2. The average Bonchev–Trinajstić information content (AvgIpc) is 2.83. The number of fused-ring (bicyclic) bond motifs is 3. The molecule has 0 bridgehead atoms. The summed E-state index contributed by atoms with van der Waals surface area (Å²) in [5.74, 6) is 0. The Balaban J connectivity index is 2.27. The van der Waals surface area contributed by atoms with Gasteiger partial charge in [0.25, 0.3) is 5.56 Å². The maximum atomic E-state index is 11.8. The second-order valence-corrected chi connectivity index (χ2v) is 4.42. The zero-order valence-electron chi connectivity index (χ0n) is 9.42. The van der Waals surface area contributed by atoms with Crippen molar-refractivity contribution in [2.45, 2.75) is 39.0 Å². The third-order valence-corrected chi connectivity index (χ3v) is 3.23. The van der Waals surface area contributed by atoms with E-state index in [9.17, 15) is 4.79 Å². The van der Waals surface area contributed by atoms with E-state index in [1.54, 1.807) is 0 Å². The average molecular weight is 217 g/mol. The van der Waals surface area contributed by atoms with Crippen molar-refractivity contribution >= 4 is 5.65 Å². The third kappa shape index (κ3) is 1.29. The first-order valence-electron chi connectivity index (χ1n) is 5.92. The third-order valence-electron chi connectivity index (χ3n) is 3.23. The Bertz CT molecular complexity index is 594. The van der Waals surface area contributed by atoms with Crippen LogP contribution >= 0.6 is 0 Å². The van der Waals surface area contributed by atoms with Crippen molar-refractivity contribution in [2.75, 3.05) is 0 Å². The minimum Gasteiger partial charge on any atom is -0.307 e. The van der Waals surface area contributed by atoms with E-state index in [4.69, 9.17) is 0 Å². The molecule has 0 saturated carbocycles. The SMILES string of the molecule is CCCc1cc2[nH]c(=O)c3c(n2n1)CCC3. The molecule has 1 aliphatic rings. The number of rotatable bonds is 2. The van der Waals surface area contributed by atoms with Gasteiger partial charge in [-0.2, -0.15) is 5.10 Å². The predicted octanol–water partition coefficient (Wildman–Crippen LogP) is 1.46. The molecule has 0 aromatic carbocycles. The molecule has 2 aromatic rings. The number of aromatic nitrogens is 3. The summed E-state index contributed by atoms with van der Waals surface area (Å²) in [5.41, 5.74) is 4.02. The molecule has 0 fully saturated rings. The van der Waals surface area contributed by atoms with Gasteiger partial charge in [-0.3, -0.25) is 4.79 Å². The molecule has 1 N–H and O–H groups in total. The van der Waals surface area contributed by atoms with Gasteiger partial charge in [0.2, 0.25) is 0 Å². The molecule has 4 nitrogen and oxygen atoms in total. The van der Waals surface area contributed by atoms with Gasteiger partial charge in [-0.15, -0.1) is 0 Å². The Kier molecular flexibility index (Phi) is 2.09. The lowest BCUT2D eigenvalue weighted by atomic mass is 10.2. The Morgan fingerprint density at radius 3 is 3.19 bits per heavy atom. The fourth-order valence-corrected chi connectivity index (χ4v) is 2.50. The summed E-state index contributed by atoms with van der Waals surface area (Å²) in [6.45, 7) is 2.14. The van der Waals surface area contributed by atoms with Gasteiger partial charge in [0.15, 0.2) is 0 Å². The maximum Gasteiger partial charge on any atom is 0.254 e. The highest BCUT2D eigenvalue weighted by molar-refractivity contribution is 5.43. The van der Waals surface area contributed by atoms with E-state index in [0.29, 0.717) is 0 Å². The largest absolute Gasteiger partial charge is 0.307 e. The van der Waals surface area contributed by atoms with Crippen molar-refractivity contribution in [1.82, 2.24) is 14.6 Å². The highest BCUT2D eigenvalue weighted by Gasteiger charge is 2.19. The van der Waals surface area contributed by atoms with Crippen LogP contribution in [0.15, 0.2) is 10.9 Å². The van der Waals surface area contributed by atoms with Crippen LogP contribution in [0.3, 0.4) is 0 Å². The van der Waals surface area contributed by atoms with Crippen LogP contribution in [0.5, 0.6) is 0 Å². The standard InChI is InChI=1S/C12H15N3O/c1-2-4-8-7-11-13-12(16)9-5-3-6-10(9)15(11)14-8/h7H,2-6H2,1H3,(H,13,16). The van der Waals surface area contributed by atoms with Crippen molar-refractivity contribution in [3.8, 4) is 0 Å². The van der Waals surface area contributed by atoms with Gasteiger partial charge in [0, 0.05) is 11.6 Å². The maximum absolute atomic E-state index is 11.8. The molecule has 0 saturated heterocycles. The van der Waals surface area contributed by atoms with E-state index in [1.165, 1.54) is 0 Å². The van der Waals surface area contributed by atoms with Gasteiger partial charge in [-0.25, -0.2) is 4.52 Å². The van der Waals surface area contributed by atoms with Gasteiger partial charge in [-0.1, -0.05) is 13.3 Å². The number of hydrogen-bond donors (Lipinski definition) is 1. The number of nitrogens with zero attached hydrogens (tertiary/aromatic N) is 2. The van der Waals surface area contributed by atoms with Crippen molar-refractivity contribution < 1.29 is 0 Å². The van der Waals surface area contributed by atoms with Gasteiger partial charge in [0.1, 0.15) is 5.65 Å². The van der Waals surface area contributed by atoms with E-state index in [1.807, 2.05) is 10.6 Å². The Morgan fingerprint density at radius 2 is 2.38 bits per heavy atom. The second kappa shape index (κ2) is 3.47. The molecular formula is C12H15N3O. The van der Waals surface area contributed by atoms with Crippen LogP contribution in [0.2, 0.25) is 0 Å². The first kappa shape index (κ1) is 9.63. The topological polar surface area (TPSA) is 50.2 Å². The van der Waals surface area contributed by atoms with Gasteiger partial charge >= 0.3 is 0 Å². The van der Waals surface area contributed by atoms with E-state index in [2.05, 4.69) is 17.0 Å². The molecule has 3 rings (SSSR count). The van der Waals surface area contributed by atoms with Gasteiger partial charge in [-0.05, 0) is 25.7 Å². The van der Waals surface area contributed by atoms with Crippen LogP contribution in [0.4, 0.5) is 0 Å². The van der Waals surface area contributed by atoms with E-state index in [-0.39, 0.29) is 5.56 Å². The van der Waals surface area contributed by atoms with Crippen LogP contribution in [-0.4, -0.2) is 14.6 Å². The van der Waals surface area contributed by atoms with Crippen LogP contribution in [0, 0.1) is 0 Å². The normalized spacial score (nSPS) is 14.6. The number of aromatic amines is 1. The first-order chi connectivity index (χ1) is 7.79. The molecule has 0 aliphatic heterocycles. The summed E-state index contributed by atoms with van der Waals surface area (Å²) in [5, 5.41) is 4.56. The molecule has 0 unspecified atom stereocenters. The van der Waals surface area contributed by atoms with Gasteiger partial charge in [0.05, 0.1) is 11.4 Å². The van der Waals surface area contributed by atoms with Crippen molar-refractivity contribution in [3.05, 3.63) is 33.4 Å². The Labute approximate surface area is 93.3 Å². The molecule has 0 spiro atoms. The number of nitrogens with one attached hydrogen (secondary N) is 1. The lowest BCUT2D eigenvalue weighted by Crippen LogP contribution is -2.15. The number of hydrogen-bond acceptors (Lipinski definition) is 2. The summed E-state index contributed by atoms with van der Waals surface area (Å²) in [4.78, 5) is 14.7. The summed E-state index contributed by atoms with van der Waals surface area (Å²) in [7, 11) is 0. The van der Waals surface area contributed by atoms with E-state index >= 15 is 0 Å². The smallest absolute Gasteiger partial charge is 0.254 e. The molecule has 0 atom stereocenters. The predicted molar refractivity (Wildman–Crippen MR) is 61.8 cm³/mol. The van der Waals surface area contributed by atoms with Crippen molar-refractivity contribution in [1.29, 1.82) is 0 Å². The quantitative estimate of drug-likeness (QED) is 0.828. The zero-order valence-corrected chi connectivity index (χ0v) is 9.42. The summed E-state index contributed by atoms with van der Waals surface area (Å²) in [6, 6.07) is 1.99. The zero-order chi connectivity index (χ0) is 11.1. The highest BCUT2D eigenvalue weighted by atomic mass is 16.1. The minimum absolute atomic E-state index is 0.0722. The highest BCUT2D eigenvalue weighted by Crippen LogP contribution is 2.19. The van der Waals surface area contributed by atoms with Crippen molar-refractivity contribution in [2.24, 2.45) is 0 Å². The van der Waals surface area contributed by atoms with Crippen LogP contribution < -0.4 is 5.56 Å². The molecule has 2 heterocycles. The molecule has 1 aliphatic carbocycles. The first-order valence-corrected chi connectivity index (χ1v) is 5.92. The Morgan fingerprint density at radius 1 is 1.50 bits per heavy atom. The molecule has 0 radical (unpaired) electrons. The molecular weight excluding hydrogens is 202 g/mol. The lowest BCUT2D eigenvalue weighted by molar-refractivity contribution is 0.793. The molecule has 2 aromatic heterocycles. The fraction of sp³-hybridized carbons (Fsp3) is 0.500. The lowest BCUT2D eigenvalue weighted by Gasteiger charge is -2.01. The number of H-pyrrole nitrogens is 1. The molecule has 0 amide bonds. The summed E-state index contributed by atoms with van der Waals surface area (Å²) in [6.07, 6.45) is 4.99. The second-order valence-electron chi connectivity index (χ2n) is 4.42. The minimum atomic E-state index is 0.0722. The van der Waals surface area contributed by atoms with Crippen LogP contribution in [0.25, 0.3) is 5.65 Å². The molecule has 4 heteroatoms.